The van der Waals surface area contributed by atoms with E-state index in [1.165, 1.54) is 10.5 Å². The van der Waals surface area contributed by atoms with E-state index in [4.69, 9.17) is 0 Å². The predicted octanol–water partition coefficient (Wildman–Crippen LogP) is 2.59. The van der Waals surface area contributed by atoms with Gasteiger partial charge < -0.3 is 4.90 Å². The molecule has 0 atom stereocenters. The summed E-state index contributed by atoms with van der Waals surface area (Å²) in [4.78, 5) is 15.6. The lowest BCUT2D eigenvalue weighted by molar-refractivity contribution is -0.113. The van der Waals surface area contributed by atoms with Gasteiger partial charge in [0.1, 0.15) is 0 Å². The van der Waals surface area contributed by atoms with Crippen LogP contribution in [0.1, 0.15) is 35.7 Å². The molecule has 114 valence electrons. The fourth-order valence-electron chi connectivity index (χ4n) is 2.88. The molecule has 2 fully saturated rings. The van der Waals surface area contributed by atoms with Gasteiger partial charge in [0.25, 0.3) is 11.8 Å². The number of likely N-dealkylation sites (tertiary alicyclic amines) is 2. The smallest absolute Gasteiger partial charge is 0.282 e. The van der Waals surface area contributed by atoms with Crippen LogP contribution in [0.25, 0.3) is 0 Å². The topological polar surface area (TPSA) is 23.6 Å². The highest BCUT2D eigenvalue weighted by atomic mass is 19.3. The van der Waals surface area contributed by atoms with Gasteiger partial charge in [-0.15, -0.1) is 0 Å². The molecular weight excluding hydrogens is 274 g/mol. The van der Waals surface area contributed by atoms with Crippen molar-refractivity contribution in [3.63, 3.8) is 0 Å². The van der Waals surface area contributed by atoms with Crippen LogP contribution < -0.4 is 0 Å². The lowest BCUT2D eigenvalue weighted by Gasteiger charge is -2.42. The van der Waals surface area contributed by atoms with Crippen LogP contribution in [0, 0.1) is 0 Å². The third-order valence-electron chi connectivity index (χ3n) is 4.40. The quantitative estimate of drug-likeness (QED) is 0.855. The Kier molecular flexibility index (Phi) is 3.48. The highest BCUT2D eigenvalue weighted by molar-refractivity contribution is 5.94. The third-order valence-corrected chi connectivity index (χ3v) is 4.40. The summed E-state index contributed by atoms with van der Waals surface area (Å²) in [6.07, 6.45) is 0. The number of hydrogen-bond donors (Lipinski definition) is 0. The van der Waals surface area contributed by atoms with E-state index in [0.717, 1.165) is 13.1 Å². The number of nitrogens with zero attached hydrogens (tertiary/aromatic N) is 2. The molecule has 0 saturated carbocycles. The second-order valence-electron chi connectivity index (χ2n) is 6.38. The number of halogens is 2. The molecule has 0 aliphatic carbocycles. The van der Waals surface area contributed by atoms with Crippen LogP contribution in [0.15, 0.2) is 24.3 Å². The summed E-state index contributed by atoms with van der Waals surface area (Å²) in [7, 11) is 0. The van der Waals surface area contributed by atoms with Crippen molar-refractivity contribution in [3.8, 4) is 0 Å². The largest absolute Gasteiger partial charge is 0.326 e. The minimum Gasteiger partial charge on any atom is -0.326 e. The normalized spacial score (nSPS) is 22.0. The summed E-state index contributed by atoms with van der Waals surface area (Å²) in [6.45, 7) is 5.54. The van der Waals surface area contributed by atoms with Crippen LogP contribution in [0.2, 0.25) is 0 Å². The van der Waals surface area contributed by atoms with Crippen LogP contribution in [0.5, 0.6) is 0 Å². The Bertz CT molecular complexity index is 528. The van der Waals surface area contributed by atoms with Gasteiger partial charge in [0.15, 0.2) is 0 Å². The van der Waals surface area contributed by atoms with Gasteiger partial charge in [0.05, 0.1) is 13.1 Å². The first kappa shape index (κ1) is 14.4. The third kappa shape index (κ3) is 2.79. The summed E-state index contributed by atoms with van der Waals surface area (Å²) in [5.41, 5.74) is 1.71. The van der Waals surface area contributed by atoms with Crippen molar-refractivity contribution in [1.29, 1.82) is 0 Å². The van der Waals surface area contributed by atoms with E-state index in [0.29, 0.717) is 17.5 Å². The number of amides is 1. The van der Waals surface area contributed by atoms with Crippen LogP contribution in [0.3, 0.4) is 0 Å². The maximum atomic E-state index is 12.8. The monoisotopic (exact) mass is 294 g/mol. The first-order valence-electron chi connectivity index (χ1n) is 7.37. The van der Waals surface area contributed by atoms with Gasteiger partial charge in [-0.25, -0.2) is 8.78 Å². The van der Waals surface area contributed by atoms with E-state index in [2.05, 4.69) is 18.7 Å². The number of rotatable bonds is 3. The molecule has 5 heteroatoms. The molecule has 2 aliphatic heterocycles. The van der Waals surface area contributed by atoms with Gasteiger partial charge in [-0.2, -0.15) is 0 Å². The minimum atomic E-state index is -2.71. The molecule has 3 rings (SSSR count). The number of carbonyl (C=O) groups is 1. The number of hydrogen-bond acceptors (Lipinski definition) is 2. The summed E-state index contributed by atoms with van der Waals surface area (Å²) >= 11 is 0. The van der Waals surface area contributed by atoms with Crippen LogP contribution in [0.4, 0.5) is 8.78 Å². The Morgan fingerprint density at radius 1 is 1.19 bits per heavy atom. The average Bonchev–Trinajstić information content (AvgIpc) is 2.33. The maximum absolute atomic E-state index is 12.8. The minimum absolute atomic E-state index is 0.301. The molecule has 0 bridgehead atoms. The van der Waals surface area contributed by atoms with Crippen LogP contribution >= 0.6 is 0 Å². The Hall–Kier alpha value is -1.49. The zero-order chi connectivity index (χ0) is 15.2. The Labute approximate surface area is 123 Å². The lowest BCUT2D eigenvalue weighted by Crippen LogP contribution is -2.58. The molecule has 0 unspecified atom stereocenters. The van der Waals surface area contributed by atoms with Crippen LogP contribution in [-0.4, -0.2) is 53.9 Å². The standard InChI is InChI=1S/C16H20F2N2O/c1-11(2)19-7-14(8-19)12-3-5-13(6-4-12)15(21)20-9-16(17,18)10-20/h3-6,11,14H,7-10H2,1-2H3. The van der Waals surface area contributed by atoms with Crippen molar-refractivity contribution < 1.29 is 13.6 Å². The second kappa shape index (κ2) is 5.05. The molecule has 2 heterocycles. The van der Waals surface area contributed by atoms with E-state index in [9.17, 15) is 13.6 Å². The molecular formula is C16H20F2N2O. The van der Waals surface area contributed by atoms with Crippen molar-refractivity contribution in [2.45, 2.75) is 31.7 Å². The molecule has 21 heavy (non-hydrogen) atoms. The first-order valence-corrected chi connectivity index (χ1v) is 7.37. The van der Waals surface area contributed by atoms with Crippen molar-refractivity contribution in [1.82, 2.24) is 9.80 Å². The van der Waals surface area contributed by atoms with E-state index in [1.807, 2.05) is 12.1 Å². The molecule has 1 aromatic rings. The molecule has 2 aliphatic rings. The van der Waals surface area contributed by atoms with E-state index < -0.39 is 19.0 Å². The summed E-state index contributed by atoms with van der Waals surface area (Å²) < 4.78 is 25.6. The molecule has 1 amide bonds. The molecule has 1 aromatic carbocycles. The molecule has 3 nitrogen and oxygen atoms in total. The van der Waals surface area contributed by atoms with Crippen molar-refractivity contribution >= 4 is 5.91 Å². The fraction of sp³-hybridized carbons (Fsp3) is 0.562. The first-order chi connectivity index (χ1) is 9.85. The predicted molar refractivity (Wildman–Crippen MR) is 76.7 cm³/mol. The summed E-state index contributed by atoms with van der Waals surface area (Å²) in [5, 5.41) is 0. The van der Waals surface area contributed by atoms with Crippen molar-refractivity contribution in [2.24, 2.45) is 0 Å². The zero-order valence-electron chi connectivity index (χ0n) is 12.4. The van der Waals surface area contributed by atoms with Crippen molar-refractivity contribution in [3.05, 3.63) is 35.4 Å². The SMILES string of the molecule is CC(C)N1CC(c2ccc(C(=O)N3CC(F)(F)C3)cc2)C1. The Morgan fingerprint density at radius 3 is 2.24 bits per heavy atom. The number of carbonyl (C=O) groups excluding carboxylic acids is 1. The van der Waals surface area contributed by atoms with Gasteiger partial charge in [0.2, 0.25) is 0 Å². The molecule has 2 saturated heterocycles. The van der Waals surface area contributed by atoms with Crippen molar-refractivity contribution in [2.75, 3.05) is 26.2 Å². The second-order valence-corrected chi connectivity index (χ2v) is 6.38. The zero-order valence-corrected chi connectivity index (χ0v) is 12.4. The van der Waals surface area contributed by atoms with Crippen LogP contribution in [-0.2, 0) is 0 Å². The summed E-state index contributed by atoms with van der Waals surface area (Å²) in [6, 6.07) is 7.98. The number of benzene rings is 1. The highest BCUT2D eigenvalue weighted by Crippen LogP contribution is 2.30. The van der Waals surface area contributed by atoms with E-state index in [-0.39, 0.29) is 5.91 Å². The molecule has 0 spiro atoms. The highest BCUT2D eigenvalue weighted by Gasteiger charge is 2.46. The fourth-order valence-corrected chi connectivity index (χ4v) is 2.88. The number of alkyl halides is 2. The molecule has 0 radical (unpaired) electrons. The Balaban J connectivity index is 1.59. The van der Waals surface area contributed by atoms with Gasteiger partial charge in [0, 0.05) is 30.6 Å². The van der Waals surface area contributed by atoms with Gasteiger partial charge in [-0.3, -0.25) is 9.69 Å². The molecule has 0 aromatic heterocycles. The maximum Gasteiger partial charge on any atom is 0.282 e. The summed E-state index contributed by atoms with van der Waals surface area (Å²) in [5.74, 6) is -2.49. The van der Waals surface area contributed by atoms with E-state index in [1.54, 1.807) is 12.1 Å². The van der Waals surface area contributed by atoms with E-state index >= 15 is 0 Å². The average molecular weight is 294 g/mol. The molecule has 0 N–H and O–H groups in total. The van der Waals surface area contributed by atoms with Gasteiger partial charge in [-0.1, -0.05) is 12.1 Å². The van der Waals surface area contributed by atoms with Gasteiger partial charge >= 0.3 is 0 Å². The van der Waals surface area contributed by atoms with Gasteiger partial charge in [-0.05, 0) is 31.5 Å². The Morgan fingerprint density at radius 2 is 1.76 bits per heavy atom. The lowest BCUT2D eigenvalue weighted by atomic mass is 9.89.